The van der Waals surface area contributed by atoms with Gasteiger partial charge in [-0.25, -0.2) is 4.98 Å². The van der Waals surface area contributed by atoms with Gasteiger partial charge in [0.1, 0.15) is 4.88 Å². The number of carbonyl (C=O) groups excluding carboxylic acids is 2. The minimum atomic E-state index is -0.503. The van der Waals surface area contributed by atoms with Crippen LogP contribution in [0.25, 0.3) is 0 Å². The lowest BCUT2D eigenvalue weighted by molar-refractivity contribution is -0.135. The number of hydrogen-bond donors (Lipinski definition) is 2. The molecule has 0 radical (unpaired) electrons. The zero-order valence-electron chi connectivity index (χ0n) is 15.4. The first kappa shape index (κ1) is 17.7. The van der Waals surface area contributed by atoms with Crippen LogP contribution in [0.3, 0.4) is 0 Å². The predicted octanol–water partition coefficient (Wildman–Crippen LogP) is 1.26. The summed E-state index contributed by atoms with van der Waals surface area (Å²) in [5.74, 6) is -0.0214. The third-order valence-electron chi connectivity index (χ3n) is 6.64. The average Bonchev–Trinajstić information content (AvgIpc) is 3.08. The number of thiazole rings is 1. The van der Waals surface area contributed by atoms with E-state index in [1.54, 1.807) is 13.8 Å². The van der Waals surface area contributed by atoms with Crippen LogP contribution >= 0.6 is 11.3 Å². The molecule has 3 heterocycles. The molecule has 4 rings (SSSR count). The van der Waals surface area contributed by atoms with Crippen molar-refractivity contribution in [1.82, 2.24) is 14.8 Å². The fourth-order valence-electron chi connectivity index (χ4n) is 5.53. The van der Waals surface area contributed by atoms with Gasteiger partial charge in [-0.15, -0.1) is 0 Å². The molecule has 0 spiro atoms. The molecule has 142 valence electrons. The van der Waals surface area contributed by atoms with Gasteiger partial charge in [0.2, 0.25) is 5.91 Å². The summed E-state index contributed by atoms with van der Waals surface area (Å²) in [6.45, 7) is 6.51. The van der Waals surface area contributed by atoms with Gasteiger partial charge in [-0.3, -0.25) is 9.59 Å². The molecule has 0 aromatic carbocycles. The molecule has 8 heteroatoms. The number of nitrogens with two attached hydrogens (primary N) is 1. The summed E-state index contributed by atoms with van der Waals surface area (Å²) >= 11 is 1.21. The predicted molar refractivity (Wildman–Crippen MR) is 98.7 cm³/mol. The van der Waals surface area contributed by atoms with Crippen LogP contribution < -0.4 is 5.73 Å². The molecule has 2 amide bonds. The molecule has 1 aliphatic carbocycles. The Hall–Kier alpha value is -1.67. The molecule has 7 nitrogen and oxygen atoms in total. The van der Waals surface area contributed by atoms with Gasteiger partial charge in [0, 0.05) is 37.4 Å². The lowest BCUT2D eigenvalue weighted by Gasteiger charge is -2.47. The second-order valence-corrected chi connectivity index (χ2v) is 9.30. The SMILES string of the molecule is CC(=O)N1[C@@H]2CN(C(=O)c3sc(N)nc3C)C[C@@H]3CC[C@H]1[C@](C)(C2)[C@@H]3O. The van der Waals surface area contributed by atoms with Crippen LogP contribution in [0.1, 0.15) is 48.5 Å². The second-order valence-electron chi connectivity index (χ2n) is 8.26. The molecule has 2 aliphatic heterocycles. The Morgan fingerprint density at radius 1 is 1.35 bits per heavy atom. The summed E-state index contributed by atoms with van der Waals surface area (Å²) in [5, 5.41) is 11.5. The minimum Gasteiger partial charge on any atom is -0.392 e. The Morgan fingerprint density at radius 3 is 2.69 bits per heavy atom. The fraction of sp³-hybridized carbons (Fsp3) is 0.722. The number of rotatable bonds is 1. The molecule has 3 aliphatic rings. The van der Waals surface area contributed by atoms with Crippen LogP contribution in [-0.2, 0) is 4.79 Å². The lowest BCUT2D eigenvalue weighted by atomic mass is 9.64. The van der Waals surface area contributed by atoms with E-state index in [1.807, 2.05) is 9.80 Å². The quantitative estimate of drug-likeness (QED) is 0.766. The number of aliphatic hydroxyl groups excluding tert-OH is 1. The number of carbonyl (C=O) groups is 2. The Morgan fingerprint density at radius 2 is 2.08 bits per heavy atom. The highest BCUT2D eigenvalue weighted by molar-refractivity contribution is 7.17. The first-order valence-corrected chi connectivity index (χ1v) is 10.0. The van der Waals surface area contributed by atoms with E-state index in [4.69, 9.17) is 5.73 Å². The molecular weight excluding hydrogens is 352 g/mol. The topological polar surface area (TPSA) is 99.8 Å². The van der Waals surface area contributed by atoms with Crippen molar-refractivity contribution in [3.05, 3.63) is 10.6 Å². The van der Waals surface area contributed by atoms with Crippen molar-refractivity contribution in [1.29, 1.82) is 0 Å². The van der Waals surface area contributed by atoms with E-state index >= 15 is 0 Å². The smallest absolute Gasteiger partial charge is 0.266 e. The largest absolute Gasteiger partial charge is 0.392 e. The highest BCUT2D eigenvalue weighted by Crippen LogP contribution is 2.52. The first-order valence-electron chi connectivity index (χ1n) is 9.21. The number of aliphatic hydroxyl groups is 1. The van der Waals surface area contributed by atoms with Crippen LogP contribution in [-0.4, -0.2) is 63.0 Å². The molecule has 1 saturated carbocycles. The summed E-state index contributed by atoms with van der Waals surface area (Å²) in [7, 11) is 0. The molecular formula is C18H26N4O3S. The van der Waals surface area contributed by atoms with E-state index in [0.29, 0.717) is 28.8 Å². The van der Waals surface area contributed by atoms with Crippen LogP contribution in [0.5, 0.6) is 0 Å². The number of amides is 2. The van der Waals surface area contributed by atoms with E-state index in [-0.39, 0.29) is 35.2 Å². The van der Waals surface area contributed by atoms with E-state index in [1.165, 1.54) is 11.3 Å². The first-order chi connectivity index (χ1) is 12.2. The maximum atomic E-state index is 13.2. The summed E-state index contributed by atoms with van der Waals surface area (Å²) in [5.41, 5.74) is 6.13. The summed E-state index contributed by atoms with van der Waals surface area (Å²) < 4.78 is 0. The normalized spacial score (nSPS) is 36.2. The molecule has 5 atom stereocenters. The number of likely N-dealkylation sites (tertiary alicyclic amines) is 2. The summed E-state index contributed by atoms with van der Waals surface area (Å²) in [4.78, 5) is 34.0. The second kappa shape index (κ2) is 5.92. The highest BCUT2D eigenvalue weighted by Gasteiger charge is 2.59. The van der Waals surface area contributed by atoms with Crippen LogP contribution in [0.15, 0.2) is 0 Å². The molecule has 2 saturated heterocycles. The number of nitrogens with zero attached hydrogens (tertiary/aromatic N) is 3. The molecule has 3 bridgehead atoms. The third-order valence-corrected chi connectivity index (χ3v) is 7.62. The monoisotopic (exact) mass is 378 g/mol. The van der Waals surface area contributed by atoms with Gasteiger partial charge in [-0.2, -0.15) is 0 Å². The Labute approximate surface area is 157 Å². The third kappa shape index (κ3) is 2.45. The van der Waals surface area contributed by atoms with E-state index < -0.39 is 6.10 Å². The van der Waals surface area contributed by atoms with Gasteiger partial charge >= 0.3 is 0 Å². The molecule has 3 N–H and O–H groups in total. The van der Waals surface area contributed by atoms with Crippen LogP contribution in [0.4, 0.5) is 5.13 Å². The van der Waals surface area contributed by atoms with Crippen molar-refractivity contribution < 1.29 is 14.7 Å². The van der Waals surface area contributed by atoms with Gasteiger partial charge in [-0.1, -0.05) is 18.3 Å². The van der Waals surface area contributed by atoms with Gasteiger partial charge < -0.3 is 20.6 Å². The molecule has 0 unspecified atom stereocenters. The zero-order chi connectivity index (χ0) is 18.8. The number of fused-ring (bicyclic) bond motifs is 2. The van der Waals surface area contributed by atoms with E-state index in [0.717, 1.165) is 19.3 Å². The minimum absolute atomic E-state index is 0.0295. The standard InChI is InChI=1S/C18H26N4O3S/c1-9-14(26-17(19)20-9)16(25)21-7-11-4-5-13-18(3,15(11)24)6-12(8-21)22(13)10(2)23/h11-13,15,24H,4-8H2,1-3H3,(H2,19,20)/t11-,12-,13-,15+,18-/m0/s1. The molecule has 1 aromatic rings. The number of aryl methyl sites for hydroxylation is 1. The Bertz CT molecular complexity index is 766. The molecule has 3 fully saturated rings. The highest BCUT2D eigenvalue weighted by atomic mass is 32.1. The zero-order valence-corrected chi connectivity index (χ0v) is 16.3. The number of hydrogen-bond acceptors (Lipinski definition) is 6. The lowest BCUT2D eigenvalue weighted by Crippen LogP contribution is -2.54. The molecule has 1 aromatic heterocycles. The van der Waals surface area contributed by atoms with E-state index in [9.17, 15) is 14.7 Å². The number of anilines is 1. The summed E-state index contributed by atoms with van der Waals surface area (Å²) in [6.07, 6.45) is 1.95. The van der Waals surface area contributed by atoms with Gasteiger partial charge in [0.15, 0.2) is 5.13 Å². The van der Waals surface area contributed by atoms with Crippen molar-refractivity contribution in [2.24, 2.45) is 11.3 Å². The Kier molecular flexibility index (Phi) is 4.04. The van der Waals surface area contributed by atoms with E-state index in [2.05, 4.69) is 11.9 Å². The van der Waals surface area contributed by atoms with Crippen LogP contribution in [0.2, 0.25) is 0 Å². The number of nitrogen functional groups attached to an aromatic ring is 1. The fourth-order valence-corrected chi connectivity index (χ4v) is 6.33. The van der Waals surface area contributed by atoms with Crippen molar-refractivity contribution in [2.45, 2.75) is 58.2 Å². The van der Waals surface area contributed by atoms with Gasteiger partial charge in [0.25, 0.3) is 5.91 Å². The maximum Gasteiger partial charge on any atom is 0.266 e. The van der Waals surface area contributed by atoms with Crippen molar-refractivity contribution in [3.8, 4) is 0 Å². The average molecular weight is 378 g/mol. The van der Waals surface area contributed by atoms with Gasteiger partial charge in [0.05, 0.1) is 17.8 Å². The van der Waals surface area contributed by atoms with Crippen LogP contribution in [0, 0.1) is 18.3 Å². The van der Waals surface area contributed by atoms with Crippen molar-refractivity contribution in [2.75, 3.05) is 18.8 Å². The number of aromatic nitrogens is 1. The van der Waals surface area contributed by atoms with Crippen molar-refractivity contribution in [3.63, 3.8) is 0 Å². The Balaban J connectivity index is 1.71. The van der Waals surface area contributed by atoms with Crippen molar-refractivity contribution >= 4 is 28.3 Å². The molecule has 26 heavy (non-hydrogen) atoms. The maximum absolute atomic E-state index is 13.2. The van der Waals surface area contributed by atoms with Gasteiger partial charge in [-0.05, 0) is 26.2 Å². The summed E-state index contributed by atoms with van der Waals surface area (Å²) in [6, 6.07) is 0.0119.